The minimum absolute atomic E-state index is 0.0512. The van der Waals surface area contributed by atoms with E-state index in [0.717, 1.165) is 5.56 Å². The van der Waals surface area contributed by atoms with Crippen LogP contribution in [0.25, 0.3) is 0 Å². The number of alkyl halides is 3. The van der Waals surface area contributed by atoms with Crippen molar-refractivity contribution in [3.05, 3.63) is 29.8 Å². The van der Waals surface area contributed by atoms with E-state index >= 15 is 0 Å². The largest absolute Gasteiger partial charge is 0.492 e. The predicted molar refractivity (Wildman–Crippen MR) is 68.9 cm³/mol. The van der Waals surface area contributed by atoms with Gasteiger partial charge < -0.3 is 14.7 Å². The highest BCUT2D eigenvalue weighted by molar-refractivity contribution is 5.80. The summed E-state index contributed by atoms with van der Waals surface area (Å²) in [4.78, 5) is 12.9. The van der Waals surface area contributed by atoms with Gasteiger partial charge in [-0.2, -0.15) is 13.2 Å². The molecule has 7 heteroatoms. The van der Waals surface area contributed by atoms with Crippen LogP contribution in [0.4, 0.5) is 13.2 Å². The van der Waals surface area contributed by atoms with Crippen molar-refractivity contribution < 1.29 is 27.8 Å². The third-order valence-corrected chi connectivity index (χ3v) is 3.28. The second kappa shape index (κ2) is 6.34. The van der Waals surface area contributed by atoms with Gasteiger partial charge in [0.05, 0.1) is 12.5 Å². The quantitative estimate of drug-likeness (QED) is 0.919. The Hall–Kier alpha value is -1.76. The fraction of sp³-hybridized carbons (Fsp3) is 0.500. The van der Waals surface area contributed by atoms with Crippen molar-refractivity contribution in [1.82, 2.24) is 4.90 Å². The van der Waals surface area contributed by atoms with E-state index in [9.17, 15) is 18.0 Å². The predicted octanol–water partition coefficient (Wildman–Crippen LogP) is 1.62. The van der Waals surface area contributed by atoms with Crippen LogP contribution in [0.5, 0.6) is 5.75 Å². The molecule has 1 aromatic rings. The summed E-state index contributed by atoms with van der Waals surface area (Å²) in [5, 5.41) is 8.85. The Balaban J connectivity index is 2.08. The van der Waals surface area contributed by atoms with Gasteiger partial charge in [-0.3, -0.25) is 4.79 Å². The van der Waals surface area contributed by atoms with E-state index in [4.69, 9.17) is 9.84 Å². The zero-order chi connectivity index (χ0) is 15.5. The third-order valence-electron chi connectivity index (χ3n) is 3.28. The number of rotatable bonds is 4. The molecule has 1 aliphatic heterocycles. The second-order valence-corrected chi connectivity index (χ2v) is 4.92. The molecule has 4 nitrogen and oxygen atoms in total. The maximum Gasteiger partial charge on any atom is 0.406 e. The van der Waals surface area contributed by atoms with Crippen LogP contribution in [0, 0.1) is 5.92 Å². The van der Waals surface area contributed by atoms with Gasteiger partial charge in [0.15, 0.2) is 0 Å². The molecule has 1 atom stereocenters. The minimum Gasteiger partial charge on any atom is -0.492 e. The van der Waals surface area contributed by atoms with Crippen molar-refractivity contribution in [3.8, 4) is 5.75 Å². The third kappa shape index (κ3) is 4.10. The Labute approximate surface area is 120 Å². The highest BCUT2D eigenvalue weighted by atomic mass is 19.4. The first-order valence-electron chi connectivity index (χ1n) is 6.58. The molecular weight excluding hydrogens is 287 g/mol. The van der Waals surface area contributed by atoms with E-state index in [-0.39, 0.29) is 13.2 Å². The maximum absolute atomic E-state index is 12.5. The first-order chi connectivity index (χ1) is 9.90. The van der Waals surface area contributed by atoms with Crippen LogP contribution >= 0.6 is 0 Å². The molecule has 1 heterocycles. The lowest BCUT2D eigenvalue weighted by Crippen LogP contribution is -2.46. The van der Waals surface area contributed by atoms with Gasteiger partial charge >= 0.3 is 6.18 Å². The van der Waals surface area contributed by atoms with Crippen LogP contribution in [0.2, 0.25) is 0 Å². The van der Waals surface area contributed by atoms with Crippen molar-refractivity contribution in [2.24, 2.45) is 5.92 Å². The molecule has 116 valence electrons. The molecule has 2 rings (SSSR count). The first kappa shape index (κ1) is 15.6. The molecule has 0 spiro atoms. The summed E-state index contributed by atoms with van der Waals surface area (Å²) in [6.07, 6.45) is -4.15. The van der Waals surface area contributed by atoms with Crippen molar-refractivity contribution in [2.45, 2.75) is 12.6 Å². The van der Waals surface area contributed by atoms with Crippen molar-refractivity contribution in [1.29, 1.82) is 0 Å². The molecular formula is C14H16F3NO3. The molecule has 0 bridgehead atoms. The summed E-state index contributed by atoms with van der Waals surface area (Å²) in [6, 6.07) is 7.13. The summed E-state index contributed by atoms with van der Waals surface area (Å²) >= 11 is 0. The Morgan fingerprint density at radius 3 is 2.76 bits per heavy atom. The Bertz CT molecular complexity index is 504. The normalized spacial score (nSPS) is 17.8. The van der Waals surface area contributed by atoms with Gasteiger partial charge in [0.1, 0.15) is 18.9 Å². The van der Waals surface area contributed by atoms with Gasteiger partial charge in [0, 0.05) is 6.54 Å². The maximum atomic E-state index is 12.5. The van der Waals surface area contributed by atoms with Crippen LogP contribution in [0.15, 0.2) is 24.3 Å². The summed E-state index contributed by atoms with van der Waals surface area (Å²) in [7, 11) is 0. The Kier molecular flexibility index (Phi) is 4.72. The summed E-state index contributed by atoms with van der Waals surface area (Å²) in [5.74, 6) is -0.643. The number of para-hydroxylation sites is 1. The van der Waals surface area contributed by atoms with Crippen molar-refractivity contribution >= 4 is 5.91 Å². The number of benzene rings is 1. The van der Waals surface area contributed by atoms with Crippen molar-refractivity contribution in [2.75, 3.05) is 26.3 Å². The van der Waals surface area contributed by atoms with E-state index in [0.29, 0.717) is 17.1 Å². The lowest BCUT2D eigenvalue weighted by Gasteiger charge is -2.30. The number of aliphatic hydroxyl groups is 1. The van der Waals surface area contributed by atoms with Gasteiger partial charge in [0.25, 0.3) is 0 Å². The molecule has 1 N–H and O–H groups in total. The molecule has 0 aromatic heterocycles. The average Bonchev–Trinajstić information content (AvgIpc) is 2.44. The number of hydrogen-bond acceptors (Lipinski definition) is 3. The van der Waals surface area contributed by atoms with Gasteiger partial charge in [-0.1, -0.05) is 18.2 Å². The zero-order valence-electron chi connectivity index (χ0n) is 11.3. The minimum atomic E-state index is -4.49. The van der Waals surface area contributed by atoms with E-state index in [1.807, 2.05) is 0 Å². The lowest BCUT2D eigenvalue weighted by atomic mass is 9.95. The summed E-state index contributed by atoms with van der Waals surface area (Å²) in [6.45, 7) is -2.15. The van der Waals surface area contributed by atoms with Crippen LogP contribution < -0.4 is 4.74 Å². The SMILES string of the molecule is O=C(C1COc2ccccc2C1)N(CCO)CC(F)(F)F. The smallest absolute Gasteiger partial charge is 0.406 e. The van der Waals surface area contributed by atoms with Gasteiger partial charge in [-0.25, -0.2) is 0 Å². The van der Waals surface area contributed by atoms with E-state index in [1.165, 1.54) is 0 Å². The zero-order valence-corrected chi connectivity index (χ0v) is 11.3. The lowest BCUT2D eigenvalue weighted by molar-refractivity contribution is -0.165. The monoisotopic (exact) mass is 303 g/mol. The molecule has 0 radical (unpaired) electrons. The van der Waals surface area contributed by atoms with Crippen LogP contribution in [0.3, 0.4) is 0 Å². The van der Waals surface area contributed by atoms with Crippen LogP contribution in [-0.4, -0.2) is 48.4 Å². The highest BCUT2D eigenvalue weighted by Gasteiger charge is 2.36. The number of hydrogen-bond donors (Lipinski definition) is 1. The molecule has 1 aliphatic rings. The average molecular weight is 303 g/mol. The summed E-state index contributed by atoms with van der Waals surface area (Å²) in [5.41, 5.74) is 0.804. The number of carbonyl (C=O) groups is 1. The fourth-order valence-electron chi connectivity index (χ4n) is 2.35. The van der Waals surface area contributed by atoms with E-state index in [2.05, 4.69) is 0 Å². The number of nitrogens with zero attached hydrogens (tertiary/aromatic N) is 1. The molecule has 1 aromatic carbocycles. The molecule has 0 fully saturated rings. The molecule has 1 amide bonds. The van der Waals surface area contributed by atoms with Crippen molar-refractivity contribution in [3.63, 3.8) is 0 Å². The molecule has 21 heavy (non-hydrogen) atoms. The molecule has 0 saturated heterocycles. The standard InChI is InChI=1S/C14H16F3NO3/c15-14(16,17)9-18(5-6-19)13(20)11-7-10-3-1-2-4-12(10)21-8-11/h1-4,11,19H,5-9H2. The Morgan fingerprint density at radius 1 is 1.38 bits per heavy atom. The van der Waals surface area contributed by atoms with Gasteiger partial charge in [-0.15, -0.1) is 0 Å². The second-order valence-electron chi connectivity index (χ2n) is 4.92. The topological polar surface area (TPSA) is 49.8 Å². The Morgan fingerprint density at radius 2 is 2.10 bits per heavy atom. The van der Waals surface area contributed by atoms with Gasteiger partial charge in [-0.05, 0) is 18.1 Å². The van der Waals surface area contributed by atoms with E-state index in [1.54, 1.807) is 24.3 Å². The number of aliphatic hydroxyl groups excluding tert-OH is 1. The van der Waals surface area contributed by atoms with Gasteiger partial charge in [0.2, 0.25) is 5.91 Å². The molecule has 1 unspecified atom stereocenters. The number of ether oxygens (including phenoxy) is 1. The molecule has 0 saturated carbocycles. The summed E-state index contributed by atoms with van der Waals surface area (Å²) < 4.78 is 42.9. The number of fused-ring (bicyclic) bond motifs is 1. The van der Waals surface area contributed by atoms with Crippen LogP contribution in [0.1, 0.15) is 5.56 Å². The number of carbonyl (C=O) groups excluding carboxylic acids is 1. The van der Waals surface area contributed by atoms with Crippen LogP contribution in [-0.2, 0) is 11.2 Å². The van der Waals surface area contributed by atoms with E-state index < -0.39 is 31.2 Å². The number of amides is 1. The first-order valence-corrected chi connectivity index (χ1v) is 6.58. The molecule has 0 aliphatic carbocycles. The fourth-order valence-corrected chi connectivity index (χ4v) is 2.35. The number of halogens is 3. The highest BCUT2D eigenvalue weighted by Crippen LogP contribution is 2.28.